The lowest BCUT2D eigenvalue weighted by Gasteiger charge is -2.17. The Morgan fingerprint density at radius 1 is 1.11 bits per heavy atom. The van der Waals surface area contributed by atoms with E-state index >= 15 is 0 Å². The number of hydrogen-bond donors (Lipinski definition) is 0. The number of aryl methyl sites for hydroxylation is 2. The summed E-state index contributed by atoms with van der Waals surface area (Å²) >= 11 is 0. The molecule has 1 aliphatic carbocycles. The van der Waals surface area contributed by atoms with Gasteiger partial charge in [-0.15, -0.1) is 0 Å². The number of allylic oxidation sites excluding steroid dienone is 2. The van der Waals surface area contributed by atoms with E-state index < -0.39 is 0 Å². The predicted molar refractivity (Wildman–Crippen MR) is 80.7 cm³/mol. The fraction of sp³-hybridized carbons (Fsp3) is 0.222. The Morgan fingerprint density at radius 2 is 1.89 bits per heavy atom. The maximum Gasteiger partial charge on any atom is -0.0100 e. The first-order chi connectivity index (χ1) is 8.68. The van der Waals surface area contributed by atoms with Crippen LogP contribution in [0, 0.1) is 6.92 Å². The molecule has 0 N–H and O–H groups in total. The molecule has 0 saturated carbocycles. The summed E-state index contributed by atoms with van der Waals surface area (Å²) in [6.07, 6.45) is 6.89. The average Bonchev–Trinajstić information content (AvgIpc) is 2.37. The lowest BCUT2D eigenvalue weighted by atomic mass is 9.88. The van der Waals surface area contributed by atoms with Gasteiger partial charge in [-0.1, -0.05) is 48.6 Å². The molecule has 0 nitrogen and oxygen atoms in total. The van der Waals surface area contributed by atoms with Gasteiger partial charge in [-0.2, -0.15) is 0 Å². The molecule has 1 aliphatic rings. The summed E-state index contributed by atoms with van der Waals surface area (Å²) < 4.78 is 0. The third-order valence-electron chi connectivity index (χ3n) is 3.83. The van der Waals surface area contributed by atoms with E-state index in [-0.39, 0.29) is 0 Å². The summed E-state index contributed by atoms with van der Waals surface area (Å²) in [7, 11) is 0. The van der Waals surface area contributed by atoms with Gasteiger partial charge in [0, 0.05) is 0 Å². The number of fused-ring (bicyclic) bond motifs is 3. The second-order valence-electron chi connectivity index (χ2n) is 5.21. The van der Waals surface area contributed by atoms with Crippen molar-refractivity contribution in [2.75, 3.05) is 0 Å². The van der Waals surface area contributed by atoms with Gasteiger partial charge in [-0.05, 0) is 59.7 Å². The zero-order chi connectivity index (χ0) is 12.7. The summed E-state index contributed by atoms with van der Waals surface area (Å²) in [5.74, 6) is 0. The van der Waals surface area contributed by atoms with Crippen molar-refractivity contribution in [2.24, 2.45) is 0 Å². The van der Waals surface area contributed by atoms with Crippen molar-refractivity contribution in [3.63, 3.8) is 0 Å². The lowest BCUT2D eigenvalue weighted by Crippen LogP contribution is -1.97. The van der Waals surface area contributed by atoms with E-state index in [0.717, 1.165) is 18.4 Å². The van der Waals surface area contributed by atoms with Gasteiger partial charge in [0.15, 0.2) is 0 Å². The van der Waals surface area contributed by atoms with Crippen LogP contribution in [0.3, 0.4) is 0 Å². The molecule has 0 atom stereocenters. The molecule has 0 spiro atoms. The Labute approximate surface area is 109 Å². The summed E-state index contributed by atoms with van der Waals surface area (Å²) in [5.41, 5.74) is 6.66. The van der Waals surface area contributed by atoms with Crippen molar-refractivity contribution in [1.82, 2.24) is 0 Å². The first kappa shape index (κ1) is 11.3. The highest BCUT2D eigenvalue weighted by Crippen LogP contribution is 2.33. The molecule has 0 fully saturated rings. The molecule has 18 heavy (non-hydrogen) atoms. The van der Waals surface area contributed by atoms with E-state index in [0.29, 0.717) is 0 Å². The van der Waals surface area contributed by atoms with Crippen molar-refractivity contribution in [1.29, 1.82) is 0 Å². The molecule has 0 unspecified atom stereocenters. The van der Waals surface area contributed by atoms with Crippen molar-refractivity contribution in [3.05, 3.63) is 59.2 Å². The molecule has 2 aromatic carbocycles. The molecule has 90 valence electrons. The molecule has 0 saturated heterocycles. The van der Waals surface area contributed by atoms with Gasteiger partial charge < -0.3 is 0 Å². The minimum Gasteiger partial charge on any atom is -0.0955 e. The summed E-state index contributed by atoms with van der Waals surface area (Å²) in [6, 6.07) is 9.03. The zero-order valence-corrected chi connectivity index (χ0v) is 11.1. The molecule has 0 bridgehead atoms. The second-order valence-corrected chi connectivity index (χ2v) is 5.21. The minimum absolute atomic E-state index is 1.15. The topological polar surface area (TPSA) is 0 Å². The molecular weight excluding hydrogens is 216 g/mol. The van der Waals surface area contributed by atoms with Crippen LogP contribution in [-0.2, 0) is 6.42 Å². The van der Waals surface area contributed by atoms with Gasteiger partial charge in [0.05, 0.1) is 0 Å². The Balaban J connectivity index is 2.42. The molecule has 0 amide bonds. The van der Waals surface area contributed by atoms with Gasteiger partial charge in [0.1, 0.15) is 0 Å². The number of benzene rings is 2. The molecular formula is C18H18. The Morgan fingerprint density at radius 3 is 2.67 bits per heavy atom. The van der Waals surface area contributed by atoms with Crippen LogP contribution in [0.25, 0.3) is 22.4 Å². The first-order valence-electron chi connectivity index (χ1n) is 6.56. The monoisotopic (exact) mass is 234 g/mol. The van der Waals surface area contributed by atoms with Crippen LogP contribution in [-0.4, -0.2) is 0 Å². The van der Waals surface area contributed by atoms with Gasteiger partial charge in [0.25, 0.3) is 0 Å². The van der Waals surface area contributed by atoms with Crippen molar-refractivity contribution in [2.45, 2.75) is 26.7 Å². The lowest BCUT2D eigenvalue weighted by molar-refractivity contribution is 0.990. The van der Waals surface area contributed by atoms with Gasteiger partial charge in [-0.25, -0.2) is 0 Å². The van der Waals surface area contributed by atoms with Crippen LogP contribution in [0.4, 0.5) is 0 Å². The highest BCUT2D eigenvalue weighted by molar-refractivity contribution is 6.00. The van der Waals surface area contributed by atoms with E-state index in [1.807, 2.05) is 0 Å². The van der Waals surface area contributed by atoms with Crippen molar-refractivity contribution in [3.8, 4) is 0 Å². The minimum atomic E-state index is 1.15. The quantitative estimate of drug-likeness (QED) is 0.641. The van der Waals surface area contributed by atoms with Crippen molar-refractivity contribution >= 4 is 22.4 Å². The average molecular weight is 234 g/mol. The summed E-state index contributed by atoms with van der Waals surface area (Å²) in [6.45, 7) is 8.39. The molecule has 3 rings (SSSR count). The maximum absolute atomic E-state index is 4.13. The predicted octanol–water partition coefficient (Wildman–Crippen LogP) is 5.14. The summed E-state index contributed by atoms with van der Waals surface area (Å²) in [4.78, 5) is 0. The Kier molecular flexibility index (Phi) is 2.59. The summed E-state index contributed by atoms with van der Waals surface area (Å²) in [5, 5.41) is 2.71. The first-order valence-corrected chi connectivity index (χ1v) is 6.56. The normalized spacial score (nSPS) is 13.7. The van der Waals surface area contributed by atoms with Crippen LogP contribution >= 0.6 is 0 Å². The largest absolute Gasteiger partial charge is 0.0955 e. The van der Waals surface area contributed by atoms with E-state index in [1.54, 1.807) is 0 Å². The van der Waals surface area contributed by atoms with Gasteiger partial charge in [-0.3, -0.25) is 0 Å². The van der Waals surface area contributed by atoms with E-state index in [9.17, 15) is 0 Å². The molecule has 0 radical (unpaired) electrons. The van der Waals surface area contributed by atoms with Crippen LogP contribution in [0.15, 0.2) is 36.9 Å². The van der Waals surface area contributed by atoms with E-state index in [1.165, 1.54) is 33.0 Å². The fourth-order valence-corrected chi connectivity index (χ4v) is 3.00. The third-order valence-corrected chi connectivity index (χ3v) is 3.83. The van der Waals surface area contributed by atoms with Crippen LogP contribution in [0.1, 0.15) is 35.6 Å². The standard InChI is InChI=1S/C18H18/c1-12(2)18-13(3)8-10-16-15-7-5-4-6-14(15)9-11-17(16)18/h5,7-11H,1,4,6H2,2-3H3. The molecule has 2 aromatic rings. The SMILES string of the molecule is C=C(C)c1c(C)ccc2c3c(ccc12)CCC=C3. The van der Waals surface area contributed by atoms with E-state index in [4.69, 9.17) is 0 Å². The fourth-order valence-electron chi connectivity index (χ4n) is 3.00. The molecule has 0 aliphatic heterocycles. The molecule has 0 aromatic heterocycles. The Bertz CT molecular complexity index is 672. The highest BCUT2D eigenvalue weighted by Gasteiger charge is 2.12. The Hall–Kier alpha value is -1.82. The highest BCUT2D eigenvalue weighted by atomic mass is 14.2. The van der Waals surface area contributed by atoms with Crippen LogP contribution < -0.4 is 0 Å². The molecule has 0 heteroatoms. The maximum atomic E-state index is 4.13. The van der Waals surface area contributed by atoms with E-state index in [2.05, 4.69) is 56.8 Å². The smallest absolute Gasteiger partial charge is 0.0100 e. The molecule has 0 heterocycles. The number of rotatable bonds is 1. The van der Waals surface area contributed by atoms with Crippen LogP contribution in [0.5, 0.6) is 0 Å². The van der Waals surface area contributed by atoms with Crippen LogP contribution in [0.2, 0.25) is 0 Å². The van der Waals surface area contributed by atoms with Gasteiger partial charge >= 0.3 is 0 Å². The van der Waals surface area contributed by atoms with Crippen molar-refractivity contribution < 1.29 is 0 Å². The number of hydrogen-bond acceptors (Lipinski definition) is 0. The second kappa shape index (κ2) is 4.13. The zero-order valence-electron chi connectivity index (χ0n) is 11.1. The van der Waals surface area contributed by atoms with Gasteiger partial charge in [0.2, 0.25) is 0 Å². The third kappa shape index (κ3) is 1.60.